The van der Waals surface area contributed by atoms with E-state index in [0.717, 1.165) is 94.0 Å². The molecule has 0 amide bonds. The third-order valence-electron chi connectivity index (χ3n) is 9.49. The van der Waals surface area contributed by atoms with Crippen LogP contribution in [0.1, 0.15) is 0 Å². The van der Waals surface area contributed by atoms with E-state index in [-0.39, 0.29) is 0 Å². The molecule has 230 valence electrons. The van der Waals surface area contributed by atoms with E-state index in [2.05, 4.69) is 65.6 Å². The predicted molar refractivity (Wildman–Crippen MR) is 196 cm³/mol. The van der Waals surface area contributed by atoms with E-state index in [1.807, 2.05) is 84.9 Å². The maximum Gasteiger partial charge on any atom is 0.227 e. The van der Waals surface area contributed by atoms with Crippen molar-refractivity contribution in [1.29, 1.82) is 0 Å². The third kappa shape index (κ3) is 3.92. The van der Waals surface area contributed by atoms with Crippen LogP contribution in [-0.2, 0) is 0 Å². The van der Waals surface area contributed by atoms with Gasteiger partial charge in [0.25, 0.3) is 0 Å². The van der Waals surface area contributed by atoms with Gasteiger partial charge in [0, 0.05) is 49.6 Å². The van der Waals surface area contributed by atoms with Crippen molar-refractivity contribution in [2.24, 2.45) is 0 Å². The van der Waals surface area contributed by atoms with E-state index in [1.54, 1.807) is 0 Å². The van der Waals surface area contributed by atoms with Gasteiger partial charge in [-0.05, 0) is 91.0 Å². The molecule has 0 atom stereocenters. The summed E-state index contributed by atoms with van der Waals surface area (Å²) in [5, 5.41) is 6.15. The van der Waals surface area contributed by atoms with E-state index in [0.29, 0.717) is 11.5 Å². The number of hydrogen-bond donors (Lipinski definition) is 0. The van der Waals surface area contributed by atoms with Crippen LogP contribution >= 0.6 is 0 Å². The lowest BCUT2D eigenvalue weighted by Crippen LogP contribution is -2.09. The van der Waals surface area contributed by atoms with Gasteiger partial charge in [-0.3, -0.25) is 0 Å². The molecule has 0 saturated heterocycles. The number of rotatable bonds is 4. The van der Waals surface area contributed by atoms with Crippen molar-refractivity contribution in [2.45, 2.75) is 0 Å². The van der Waals surface area contributed by atoms with E-state index < -0.39 is 0 Å². The van der Waals surface area contributed by atoms with E-state index in [9.17, 15) is 0 Å². The first-order chi connectivity index (χ1) is 24.2. The van der Waals surface area contributed by atoms with E-state index >= 15 is 0 Å². The van der Waals surface area contributed by atoms with Crippen LogP contribution < -0.4 is 4.90 Å². The van der Waals surface area contributed by atoms with Crippen LogP contribution in [0.2, 0.25) is 0 Å². The molecular weight excluding hydrogens is 608 g/mol. The van der Waals surface area contributed by atoms with Gasteiger partial charge in [0.2, 0.25) is 5.89 Å². The summed E-state index contributed by atoms with van der Waals surface area (Å²) >= 11 is 0. The van der Waals surface area contributed by atoms with Gasteiger partial charge in [-0.25, -0.2) is 4.98 Å². The van der Waals surface area contributed by atoms with Gasteiger partial charge in [-0.2, -0.15) is 0 Å². The Balaban J connectivity index is 1.16. The number of benzene rings is 7. The molecule has 6 nitrogen and oxygen atoms in total. The fourth-order valence-electron chi connectivity index (χ4n) is 7.24. The molecule has 4 heterocycles. The van der Waals surface area contributed by atoms with Gasteiger partial charge in [0.1, 0.15) is 39.0 Å². The first-order valence-electron chi connectivity index (χ1n) is 16.2. The second kappa shape index (κ2) is 9.86. The number of aromatic nitrogens is 1. The molecule has 0 N–H and O–H groups in total. The summed E-state index contributed by atoms with van der Waals surface area (Å²) in [4.78, 5) is 7.25. The molecule has 0 aliphatic carbocycles. The van der Waals surface area contributed by atoms with Gasteiger partial charge in [-0.1, -0.05) is 54.6 Å². The SMILES string of the molecule is c1ccc(-c2nc3c(ccc4oc5ccc(N(c6ccc7oc8ccccc8c7c6)c6ccc7oc8ccccc8c7c6)cc5c43)o2)cc1. The van der Waals surface area contributed by atoms with Gasteiger partial charge in [0.15, 0.2) is 5.58 Å². The number of anilines is 3. The molecule has 0 bridgehead atoms. The maximum absolute atomic E-state index is 6.39. The van der Waals surface area contributed by atoms with Crippen LogP contribution in [0.3, 0.4) is 0 Å². The molecule has 11 aromatic rings. The molecule has 0 unspecified atom stereocenters. The lowest BCUT2D eigenvalue weighted by molar-refractivity contribution is 0.619. The summed E-state index contributed by atoms with van der Waals surface area (Å²) in [6, 6.07) is 49.3. The maximum atomic E-state index is 6.39. The van der Waals surface area contributed by atoms with Crippen LogP contribution in [-0.4, -0.2) is 4.98 Å². The lowest BCUT2D eigenvalue weighted by atomic mass is 10.1. The molecule has 0 saturated carbocycles. The zero-order valence-electron chi connectivity index (χ0n) is 25.9. The second-order valence-electron chi connectivity index (χ2n) is 12.3. The van der Waals surface area contributed by atoms with Crippen molar-refractivity contribution in [1.82, 2.24) is 4.98 Å². The summed E-state index contributed by atoms with van der Waals surface area (Å²) in [5.74, 6) is 0.580. The summed E-state index contributed by atoms with van der Waals surface area (Å²) in [5.41, 5.74) is 10.3. The predicted octanol–water partition coefficient (Wildman–Crippen LogP) is 12.7. The average molecular weight is 633 g/mol. The van der Waals surface area contributed by atoms with Crippen molar-refractivity contribution >= 4 is 94.0 Å². The summed E-state index contributed by atoms with van der Waals surface area (Å²) in [7, 11) is 0. The average Bonchev–Trinajstić information content (AvgIpc) is 3.93. The molecule has 0 spiro atoms. The Hall–Kier alpha value is -6.79. The Kier molecular flexibility index (Phi) is 5.29. The van der Waals surface area contributed by atoms with Gasteiger partial charge in [-0.15, -0.1) is 0 Å². The quantitative estimate of drug-likeness (QED) is 0.192. The number of fused-ring (bicyclic) bond motifs is 11. The van der Waals surface area contributed by atoms with Crippen molar-refractivity contribution in [3.05, 3.63) is 146 Å². The normalized spacial score (nSPS) is 12.1. The monoisotopic (exact) mass is 632 g/mol. The molecule has 0 aliphatic heterocycles. The Morgan fingerprint density at radius 2 is 0.837 bits per heavy atom. The number of hydrogen-bond acceptors (Lipinski definition) is 6. The van der Waals surface area contributed by atoms with Crippen molar-refractivity contribution < 1.29 is 17.7 Å². The smallest absolute Gasteiger partial charge is 0.227 e. The highest BCUT2D eigenvalue weighted by Gasteiger charge is 2.21. The number of oxazole rings is 1. The standard InChI is InChI=1S/C43H24N2O4/c1-2-8-25(9-3-1)43-44-42-40(49-43)21-20-39-41(42)33-24-28(16-19-38(33)48-39)45(26-14-17-36-31(22-26)29-10-4-6-12-34(29)46-36)27-15-18-37-32(23-27)30-11-5-7-13-35(30)47-37/h1-24H. The fourth-order valence-corrected chi connectivity index (χ4v) is 7.24. The Morgan fingerprint density at radius 3 is 1.47 bits per heavy atom. The largest absolute Gasteiger partial charge is 0.456 e. The lowest BCUT2D eigenvalue weighted by Gasteiger charge is -2.25. The summed E-state index contributed by atoms with van der Waals surface area (Å²) in [6.45, 7) is 0. The molecule has 6 heteroatoms. The topological polar surface area (TPSA) is 68.7 Å². The minimum atomic E-state index is 0.580. The van der Waals surface area contributed by atoms with Crippen LogP contribution in [0.5, 0.6) is 0 Å². The Bertz CT molecular complexity index is 2960. The third-order valence-corrected chi connectivity index (χ3v) is 9.49. The van der Waals surface area contributed by atoms with Crippen LogP contribution in [0.4, 0.5) is 17.1 Å². The van der Waals surface area contributed by atoms with Crippen molar-refractivity contribution in [3.8, 4) is 11.5 Å². The first kappa shape index (κ1) is 26.3. The molecule has 7 aromatic carbocycles. The van der Waals surface area contributed by atoms with Crippen molar-refractivity contribution in [2.75, 3.05) is 4.90 Å². The zero-order valence-corrected chi connectivity index (χ0v) is 25.9. The van der Waals surface area contributed by atoms with Gasteiger partial charge < -0.3 is 22.6 Å². The van der Waals surface area contributed by atoms with Gasteiger partial charge >= 0.3 is 0 Å². The second-order valence-corrected chi connectivity index (χ2v) is 12.3. The zero-order chi connectivity index (χ0) is 32.1. The van der Waals surface area contributed by atoms with E-state index in [4.69, 9.17) is 22.7 Å². The summed E-state index contributed by atoms with van der Waals surface area (Å²) in [6.07, 6.45) is 0. The molecule has 0 radical (unpaired) electrons. The van der Waals surface area contributed by atoms with Crippen LogP contribution in [0.25, 0.3) is 88.4 Å². The van der Waals surface area contributed by atoms with Crippen LogP contribution in [0.15, 0.2) is 163 Å². The highest BCUT2D eigenvalue weighted by molar-refractivity contribution is 6.18. The minimum Gasteiger partial charge on any atom is -0.456 e. The Labute approximate surface area is 278 Å². The minimum absolute atomic E-state index is 0.580. The number of furan rings is 3. The number of nitrogens with zero attached hydrogens (tertiary/aromatic N) is 2. The molecule has 0 aliphatic rings. The molecule has 11 rings (SSSR count). The molecule has 0 fully saturated rings. The molecular formula is C43H24N2O4. The van der Waals surface area contributed by atoms with Crippen molar-refractivity contribution in [3.63, 3.8) is 0 Å². The van der Waals surface area contributed by atoms with Crippen LogP contribution in [0, 0.1) is 0 Å². The Morgan fingerprint density at radius 1 is 0.367 bits per heavy atom. The molecule has 49 heavy (non-hydrogen) atoms. The highest BCUT2D eigenvalue weighted by atomic mass is 16.4. The van der Waals surface area contributed by atoms with Gasteiger partial charge in [0.05, 0.1) is 5.39 Å². The molecule has 4 aromatic heterocycles. The number of para-hydroxylation sites is 2. The van der Waals surface area contributed by atoms with E-state index in [1.165, 1.54) is 0 Å². The summed E-state index contributed by atoms with van der Waals surface area (Å²) < 4.78 is 25.1. The fraction of sp³-hybridized carbons (Fsp3) is 0. The highest BCUT2D eigenvalue weighted by Crippen LogP contribution is 2.44. The first-order valence-corrected chi connectivity index (χ1v) is 16.2.